The summed E-state index contributed by atoms with van der Waals surface area (Å²) in [5.41, 5.74) is 2.23. The van der Waals surface area contributed by atoms with Gasteiger partial charge < -0.3 is 20.7 Å². The molecule has 0 aliphatic carbocycles. The first-order valence-corrected chi connectivity index (χ1v) is 9.35. The molecule has 0 spiro atoms. The van der Waals surface area contributed by atoms with Gasteiger partial charge in [0.1, 0.15) is 17.3 Å². The molecule has 3 aromatic rings. The molecule has 0 saturated heterocycles. The number of anilines is 3. The summed E-state index contributed by atoms with van der Waals surface area (Å²) in [4.78, 5) is 8.88. The Hall–Kier alpha value is -3.20. The zero-order chi connectivity index (χ0) is 21.0. The van der Waals surface area contributed by atoms with E-state index in [1.54, 1.807) is 31.6 Å². The lowest BCUT2D eigenvalue weighted by molar-refractivity contribution is 0.407. The molecular weight excluding hydrogens is 373 g/mol. The standard InChI is InChI=1S/C20H26FN7O/c1-12(2)15-8-17(23-4)27-20(26-15)25-14-6-7-16(29-5)19(18(14)21)28-11-13(9-22-3)10-24-28/h6-8,10-12,22H,9H2,1-5H3,(H2,23,25,26,27). The second-order valence-corrected chi connectivity index (χ2v) is 6.83. The molecule has 0 saturated carbocycles. The van der Waals surface area contributed by atoms with Crippen molar-refractivity contribution in [2.24, 2.45) is 0 Å². The smallest absolute Gasteiger partial charge is 0.229 e. The number of rotatable bonds is 8. The first kappa shape index (κ1) is 20.5. The van der Waals surface area contributed by atoms with Crippen LogP contribution in [0, 0.1) is 5.82 Å². The van der Waals surface area contributed by atoms with Crippen molar-refractivity contribution in [2.75, 3.05) is 31.8 Å². The van der Waals surface area contributed by atoms with Crippen LogP contribution in [-0.4, -0.2) is 41.0 Å². The Balaban J connectivity index is 2.02. The van der Waals surface area contributed by atoms with E-state index in [2.05, 4.69) is 31.0 Å². The number of nitrogens with one attached hydrogen (secondary N) is 3. The fourth-order valence-corrected chi connectivity index (χ4v) is 2.87. The molecule has 8 nitrogen and oxygen atoms in total. The molecule has 1 aromatic carbocycles. The van der Waals surface area contributed by atoms with Crippen LogP contribution in [0.25, 0.3) is 5.69 Å². The Bertz CT molecular complexity index is 987. The van der Waals surface area contributed by atoms with E-state index in [1.165, 1.54) is 11.8 Å². The molecule has 0 bridgehead atoms. The van der Waals surface area contributed by atoms with E-state index in [4.69, 9.17) is 4.74 Å². The highest BCUT2D eigenvalue weighted by molar-refractivity contribution is 5.64. The molecule has 0 fully saturated rings. The average Bonchev–Trinajstić information content (AvgIpc) is 3.17. The molecule has 0 unspecified atom stereocenters. The van der Waals surface area contributed by atoms with Crippen molar-refractivity contribution in [2.45, 2.75) is 26.3 Å². The largest absolute Gasteiger partial charge is 0.494 e. The molecule has 0 amide bonds. The number of nitrogens with zero attached hydrogens (tertiary/aromatic N) is 4. The number of benzene rings is 1. The zero-order valence-corrected chi connectivity index (χ0v) is 17.2. The van der Waals surface area contributed by atoms with Gasteiger partial charge in [0.2, 0.25) is 5.95 Å². The fraction of sp³-hybridized carbons (Fsp3) is 0.350. The van der Waals surface area contributed by atoms with Gasteiger partial charge in [-0.25, -0.2) is 14.1 Å². The minimum atomic E-state index is -0.506. The Morgan fingerprint density at radius 2 is 2.00 bits per heavy atom. The predicted octanol–water partition coefficient (Wildman–Crippen LogP) is 3.44. The summed E-state index contributed by atoms with van der Waals surface area (Å²) in [5, 5.41) is 13.3. The van der Waals surface area contributed by atoms with E-state index in [-0.39, 0.29) is 17.3 Å². The van der Waals surface area contributed by atoms with Crippen LogP contribution in [0.5, 0.6) is 5.75 Å². The lowest BCUT2D eigenvalue weighted by Gasteiger charge is -2.15. The Morgan fingerprint density at radius 3 is 2.66 bits per heavy atom. The molecule has 154 valence electrons. The second kappa shape index (κ2) is 8.87. The van der Waals surface area contributed by atoms with Gasteiger partial charge >= 0.3 is 0 Å². The van der Waals surface area contributed by atoms with E-state index < -0.39 is 5.82 Å². The second-order valence-electron chi connectivity index (χ2n) is 6.83. The minimum absolute atomic E-state index is 0.205. The van der Waals surface area contributed by atoms with Crippen molar-refractivity contribution >= 4 is 17.5 Å². The van der Waals surface area contributed by atoms with Crippen molar-refractivity contribution in [1.82, 2.24) is 25.1 Å². The van der Waals surface area contributed by atoms with E-state index >= 15 is 4.39 Å². The first-order chi connectivity index (χ1) is 14.0. The van der Waals surface area contributed by atoms with Crippen LogP contribution in [0.3, 0.4) is 0 Å². The van der Waals surface area contributed by atoms with Crippen LogP contribution in [0.4, 0.5) is 21.8 Å². The van der Waals surface area contributed by atoms with Crippen LogP contribution < -0.4 is 20.7 Å². The molecule has 0 radical (unpaired) electrons. The van der Waals surface area contributed by atoms with Crippen molar-refractivity contribution in [1.29, 1.82) is 0 Å². The number of ether oxygens (including phenoxy) is 1. The number of methoxy groups -OCH3 is 1. The summed E-state index contributed by atoms with van der Waals surface area (Å²) >= 11 is 0. The van der Waals surface area contributed by atoms with Crippen molar-refractivity contribution in [3.05, 3.63) is 47.7 Å². The summed E-state index contributed by atoms with van der Waals surface area (Å²) in [6.07, 6.45) is 3.44. The highest BCUT2D eigenvalue weighted by atomic mass is 19.1. The summed E-state index contributed by atoms with van der Waals surface area (Å²) in [6.45, 7) is 4.71. The SMILES string of the molecule is CNCc1cnn(-c2c(OC)ccc(Nc3nc(NC)cc(C(C)C)n3)c2F)c1. The number of halogens is 1. The van der Waals surface area contributed by atoms with Gasteiger partial charge in [0.15, 0.2) is 5.82 Å². The molecule has 2 heterocycles. The fourth-order valence-electron chi connectivity index (χ4n) is 2.87. The van der Waals surface area contributed by atoms with E-state index in [0.717, 1.165) is 11.3 Å². The van der Waals surface area contributed by atoms with Crippen LogP contribution in [0.2, 0.25) is 0 Å². The third-order valence-corrected chi connectivity index (χ3v) is 4.39. The van der Waals surface area contributed by atoms with Gasteiger partial charge in [-0.3, -0.25) is 0 Å². The quantitative estimate of drug-likeness (QED) is 0.535. The summed E-state index contributed by atoms with van der Waals surface area (Å²) in [6, 6.07) is 5.16. The Morgan fingerprint density at radius 1 is 1.21 bits per heavy atom. The topological polar surface area (TPSA) is 88.9 Å². The maximum Gasteiger partial charge on any atom is 0.229 e. The van der Waals surface area contributed by atoms with Crippen LogP contribution in [-0.2, 0) is 6.54 Å². The van der Waals surface area contributed by atoms with Gasteiger partial charge in [-0.05, 0) is 25.1 Å². The zero-order valence-electron chi connectivity index (χ0n) is 17.2. The maximum atomic E-state index is 15.4. The van der Waals surface area contributed by atoms with Crippen molar-refractivity contribution < 1.29 is 9.13 Å². The Kier molecular flexibility index (Phi) is 6.28. The molecule has 2 aromatic heterocycles. The highest BCUT2D eigenvalue weighted by Crippen LogP contribution is 2.32. The summed E-state index contributed by atoms with van der Waals surface area (Å²) in [5.74, 6) is 1.04. The van der Waals surface area contributed by atoms with Crippen LogP contribution in [0.1, 0.15) is 31.0 Å². The molecule has 0 aliphatic rings. The lowest BCUT2D eigenvalue weighted by atomic mass is 10.1. The molecule has 0 atom stereocenters. The van der Waals surface area contributed by atoms with E-state index in [0.29, 0.717) is 24.1 Å². The molecule has 3 rings (SSSR count). The van der Waals surface area contributed by atoms with E-state index in [1.807, 2.05) is 27.0 Å². The Labute approximate surface area is 169 Å². The number of hydrogen-bond donors (Lipinski definition) is 3. The van der Waals surface area contributed by atoms with Crippen molar-refractivity contribution in [3.8, 4) is 11.4 Å². The van der Waals surface area contributed by atoms with Gasteiger partial charge in [0, 0.05) is 31.4 Å². The highest BCUT2D eigenvalue weighted by Gasteiger charge is 2.18. The minimum Gasteiger partial charge on any atom is -0.494 e. The maximum absolute atomic E-state index is 15.4. The summed E-state index contributed by atoms with van der Waals surface area (Å²) < 4.78 is 22.3. The average molecular weight is 399 g/mol. The molecule has 0 aliphatic heterocycles. The first-order valence-electron chi connectivity index (χ1n) is 9.35. The number of hydrogen-bond acceptors (Lipinski definition) is 7. The van der Waals surface area contributed by atoms with Gasteiger partial charge in [-0.1, -0.05) is 13.8 Å². The number of aromatic nitrogens is 4. The van der Waals surface area contributed by atoms with Gasteiger partial charge in [0.25, 0.3) is 0 Å². The lowest BCUT2D eigenvalue weighted by Crippen LogP contribution is -2.08. The van der Waals surface area contributed by atoms with Crippen LogP contribution >= 0.6 is 0 Å². The van der Waals surface area contributed by atoms with Gasteiger partial charge in [-0.2, -0.15) is 10.1 Å². The third kappa shape index (κ3) is 4.45. The third-order valence-electron chi connectivity index (χ3n) is 4.39. The summed E-state index contributed by atoms with van der Waals surface area (Å²) in [7, 11) is 5.12. The normalized spacial score (nSPS) is 11.0. The van der Waals surface area contributed by atoms with Crippen LogP contribution in [0.15, 0.2) is 30.6 Å². The van der Waals surface area contributed by atoms with Crippen molar-refractivity contribution in [3.63, 3.8) is 0 Å². The molecular formula is C20H26FN7O. The monoisotopic (exact) mass is 399 g/mol. The van der Waals surface area contributed by atoms with Gasteiger partial charge in [-0.15, -0.1) is 0 Å². The van der Waals surface area contributed by atoms with E-state index in [9.17, 15) is 0 Å². The molecule has 3 N–H and O–H groups in total. The van der Waals surface area contributed by atoms with Gasteiger partial charge in [0.05, 0.1) is 24.7 Å². The molecule has 29 heavy (non-hydrogen) atoms. The molecule has 9 heteroatoms. The predicted molar refractivity (Wildman–Crippen MR) is 112 cm³/mol.